The number of ether oxygens (including phenoxy) is 1. The smallest absolute Gasteiger partial charge is 0.415 e. The summed E-state index contributed by atoms with van der Waals surface area (Å²) in [5, 5.41) is 23.7. The second-order valence-corrected chi connectivity index (χ2v) is 8.45. The number of aliphatic carboxylic acids is 1. The lowest BCUT2D eigenvalue weighted by Crippen LogP contribution is -2.33. The Balaban J connectivity index is 1.36. The molecule has 0 unspecified atom stereocenters. The number of nitrogens with one attached hydrogen (secondary N) is 2. The van der Waals surface area contributed by atoms with E-state index in [1.54, 1.807) is 24.3 Å². The van der Waals surface area contributed by atoms with Gasteiger partial charge in [0, 0.05) is 23.2 Å². The molecule has 2 atom stereocenters. The number of fused-ring (bicyclic) bond motifs is 1. The van der Waals surface area contributed by atoms with Crippen LogP contribution < -0.4 is 15.4 Å². The Hall–Kier alpha value is -4.34. The number of carbonyl (C=O) groups is 2. The molecule has 4 aromatic rings. The van der Waals surface area contributed by atoms with E-state index in [9.17, 15) is 9.59 Å². The van der Waals surface area contributed by atoms with Crippen LogP contribution in [0.4, 0.5) is 5.69 Å². The van der Waals surface area contributed by atoms with Gasteiger partial charge in [-0.3, -0.25) is 9.59 Å². The first kappa shape index (κ1) is 24.8. The molecular weight excluding hydrogens is 464 g/mol. The molecule has 0 aliphatic heterocycles. The summed E-state index contributed by atoms with van der Waals surface area (Å²) in [6, 6.07) is 16.4. The number of carboxylic acid groups (broad SMARTS) is 1. The van der Waals surface area contributed by atoms with Gasteiger partial charge in [0.1, 0.15) is 12.2 Å². The maximum atomic E-state index is 12.2. The number of carboxylic acids is 1. The highest BCUT2D eigenvalue weighted by Gasteiger charge is 2.20. The molecule has 1 amide bonds. The molecule has 2 heterocycles. The molecule has 2 aromatic heterocycles. The van der Waals surface area contributed by atoms with Gasteiger partial charge in [0.05, 0.1) is 12.5 Å². The lowest BCUT2D eigenvalue weighted by atomic mass is 9.99. The molecule has 0 fully saturated rings. The number of carbonyl (C=O) groups excluding carboxylic acids is 1. The Labute approximate surface area is 207 Å². The fourth-order valence-electron chi connectivity index (χ4n) is 3.57. The third-order valence-electron chi connectivity index (χ3n) is 5.88. The Morgan fingerprint density at radius 3 is 2.58 bits per heavy atom. The van der Waals surface area contributed by atoms with Crippen LogP contribution in [-0.4, -0.2) is 46.4 Å². The largest absolute Gasteiger partial charge is 0.481 e. The number of aromatic nitrogens is 2. The monoisotopic (exact) mass is 492 g/mol. The van der Waals surface area contributed by atoms with Gasteiger partial charge < -0.3 is 29.3 Å². The number of anilines is 1. The van der Waals surface area contributed by atoms with Gasteiger partial charge in [0.25, 0.3) is 11.8 Å². The number of benzene rings is 2. The molecule has 0 bridgehead atoms. The quantitative estimate of drug-likeness (QED) is 0.259. The third-order valence-corrected chi connectivity index (χ3v) is 5.88. The Kier molecular flexibility index (Phi) is 7.84. The molecule has 0 aliphatic rings. The van der Waals surface area contributed by atoms with Gasteiger partial charge in [-0.05, 0) is 42.3 Å². The van der Waals surface area contributed by atoms with Crippen molar-refractivity contribution in [2.24, 2.45) is 5.92 Å². The van der Waals surface area contributed by atoms with Crippen molar-refractivity contribution in [3.8, 4) is 17.7 Å². The van der Waals surface area contributed by atoms with Crippen molar-refractivity contribution in [1.29, 1.82) is 0 Å². The highest BCUT2D eigenvalue weighted by Crippen LogP contribution is 2.28. The summed E-state index contributed by atoms with van der Waals surface area (Å²) in [6.07, 6.45) is 0.843. The lowest BCUT2D eigenvalue weighted by molar-refractivity contribution is -0.136. The summed E-state index contributed by atoms with van der Waals surface area (Å²) < 4.78 is 17.2. The molecule has 188 valence electrons. The molecular formula is C26H28N4O6. The van der Waals surface area contributed by atoms with Gasteiger partial charge in [-0.15, -0.1) is 5.10 Å². The topological polar surface area (TPSA) is 140 Å². The molecule has 0 aliphatic carbocycles. The summed E-state index contributed by atoms with van der Waals surface area (Å²) in [7, 11) is 0. The van der Waals surface area contributed by atoms with E-state index in [0.717, 1.165) is 23.1 Å². The van der Waals surface area contributed by atoms with Gasteiger partial charge in [0.2, 0.25) is 0 Å². The van der Waals surface area contributed by atoms with Gasteiger partial charge >= 0.3 is 12.0 Å². The van der Waals surface area contributed by atoms with Crippen molar-refractivity contribution in [3.05, 3.63) is 60.2 Å². The third kappa shape index (κ3) is 6.21. The Morgan fingerprint density at radius 2 is 1.86 bits per heavy atom. The minimum atomic E-state index is -0.959. The molecule has 0 saturated heterocycles. The van der Waals surface area contributed by atoms with E-state index >= 15 is 0 Å². The first-order chi connectivity index (χ1) is 17.4. The average molecular weight is 493 g/mol. The predicted molar refractivity (Wildman–Crippen MR) is 133 cm³/mol. The number of hydrogen-bond donors (Lipinski definition) is 3. The van der Waals surface area contributed by atoms with Crippen LogP contribution in [0, 0.1) is 5.92 Å². The highest BCUT2D eigenvalue weighted by atomic mass is 16.6. The van der Waals surface area contributed by atoms with Crippen LogP contribution in [-0.2, 0) is 4.79 Å². The van der Waals surface area contributed by atoms with Crippen molar-refractivity contribution < 1.29 is 28.3 Å². The van der Waals surface area contributed by atoms with Crippen LogP contribution in [0.15, 0.2) is 63.4 Å². The van der Waals surface area contributed by atoms with Crippen molar-refractivity contribution in [2.75, 3.05) is 18.5 Å². The molecule has 0 saturated carbocycles. The second-order valence-electron chi connectivity index (χ2n) is 8.45. The van der Waals surface area contributed by atoms with Gasteiger partial charge in [-0.1, -0.05) is 43.6 Å². The molecule has 0 spiro atoms. The number of hydrogen-bond acceptors (Lipinski definition) is 8. The summed E-state index contributed by atoms with van der Waals surface area (Å²) >= 11 is 0. The minimum Gasteiger partial charge on any atom is -0.481 e. The van der Waals surface area contributed by atoms with Gasteiger partial charge in [0.15, 0.2) is 5.76 Å². The molecule has 0 radical (unpaired) electrons. The zero-order valence-electron chi connectivity index (χ0n) is 20.1. The maximum Gasteiger partial charge on any atom is 0.415 e. The molecule has 4 rings (SSSR count). The summed E-state index contributed by atoms with van der Waals surface area (Å²) in [5.41, 5.74) is 2.00. The first-order valence-corrected chi connectivity index (χ1v) is 11.7. The number of furan rings is 1. The number of nitrogens with zero attached hydrogens (tertiary/aromatic N) is 2. The fourth-order valence-corrected chi connectivity index (χ4v) is 3.57. The zero-order chi connectivity index (χ0) is 25.5. The summed E-state index contributed by atoms with van der Waals surface area (Å²) in [4.78, 5) is 22.8. The molecule has 36 heavy (non-hydrogen) atoms. The Morgan fingerprint density at radius 1 is 1.08 bits per heavy atom. The SMILES string of the molecule is CC[C@H](C)[C@@H](COc1nnc(-c2cc3ccccc3o2)o1)Nc1ccc(C(=O)NCCC(=O)O)cc1. The van der Waals surface area contributed by atoms with Crippen LogP contribution in [0.25, 0.3) is 22.6 Å². The normalized spacial score (nSPS) is 12.7. The number of para-hydroxylation sites is 1. The van der Waals surface area contributed by atoms with E-state index in [4.69, 9.17) is 18.7 Å². The average Bonchev–Trinajstić information content (AvgIpc) is 3.53. The van der Waals surface area contributed by atoms with Crippen molar-refractivity contribution in [2.45, 2.75) is 32.7 Å². The molecule has 10 heteroatoms. The zero-order valence-corrected chi connectivity index (χ0v) is 20.1. The maximum absolute atomic E-state index is 12.2. The van der Waals surface area contributed by atoms with E-state index < -0.39 is 5.97 Å². The van der Waals surface area contributed by atoms with E-state index in [-0.39, 0.29) is 49.4 Å². The van der Waals surface area contributed by atoms with Crippen LogP contribution in [0.1, 0.15) is 37.0 Å². The first-order valence-electron chi connectivity index (χ1n) is 11.7. The van der Waals surface area contributed by atoms with Crippen molar-refractivity contribution in [1.82, 2.24) is 15.5 Å². The summed E-state index contributed by atoms with van der Waals surface area (Å²) in [6.45, 7) is 4.57. The standard InChI is InChI=1S/C26H28N4O6/c1-3-16(2)20(28-19-10-8-17(9-11-19)24(33)27-13-12-23(31)32)15-34-26-30-29-25(36-26)22-14-18-6-4-5-7-21(18)35-22/h4-11,14,16,20,28H,3,12-13,15H2,1-2H3,(H,27,33)(H,31,32)/t16-,20+/m0/s1. The van der Waals surface area contributed by atoms with E-state index in [0.29, 0.717) is 11.3 Å². The van der Waals surface area contributed by atoms with Crippen LogP contribution in [0.5, 0.6) is 6.08 Å². The van der Waals surface area contributed by atoms with Crippen molar-refractivity contribution >= 4 is 28.5 Å². The highest BCUT2D eigenvalue weighted by molar-refractivity contribution is 5.94. The fraction of sp³-hybridized carbons (Fsp3) is 0.308. The molecule has 2 aromatic carbocycles. The van der Waals surface area contributed by atoms with Gasteiger partial charge in [-0.2, -0.15) is 0 Å². The predicted octanol–water partition coefficient (Wildman–Crippen LogP) is 4.59. The summed E-state index contributed by atoms with van der Waals surface area (Å²) in [5.74, 6) is -0.295. The number of amides is 1. The minimum absolute atomic E-state index is 0.0499. The lowest BCUT2D eigenvalue weighted by Gasteiger charge is -2.24. The van der Waals surface area contributed by atoms with E-state index in [1.807, 2.05) is 30.3 Å². The van der Waals surface area contributed by atoms with E-state index in [2.05, 4.69) is 34.7 Å². The Bertz CT molecular complexity index is 1280. The number of rotatable bonds is 12. The second kappa shape index (κ2) is 11.4. The van der Waals surface area contributed by atoms with Crippen LogP contribution >= 0.6 is 0 Å². The molecule has 3 N–H and O–H groups in total. The van der Waals surface area contributed by atoms with Gasteiger partial charge in [-0.25, -0.2) is 0 Å². The van der Waals surface area contributed by atoms with Crippen LogP contribution in [0.3, 0.4) is 0 Å². The molecule has 10 nitrogen and oxygen atoms in total. The van der Waals surface area contributed by atoms with Crippen LogP contribution in [0.2, 0.25) is 0 Å². The van der Waals surface area contributed by atoms with E-state index in [1.165, 1.54) is 0 Å². The van der Waals surface area contributed by atoms with Crippen molar-refractivity contribution in [3.63, 3.8) is 0 Å².